The smallest absolute Gasteiger partial charge is 0.160 e. The first kappa shape index (κ1) is 11.3. The Hall–Kier alpha value is -0.165. The van der Waals surface area contributed by atoms with Gasteiger partial charge in [0.05, 0.1) is 34.9 Å². The Morgan fingerprint density at radius 1 is 1.40 bits per heavy atom. The van der Waals surface area contributed by atoms with Crippen LogP contribution in [0.3, 0.4) is 0 Å². The summed E-state index contributed by atoms with van der Waals surface area (Å²) < 4.78 is 2.09. The Morgan fingerprint density at radius 2 is 2.07 bits per heavy atom. The number of rotatable bonds is 1. The number of nitrogens with zero attached hydrogens (tertiary/aromatic N) is 3. The van der Waals surface area contributed by atoms with Crippen molar-refractivity contribution in [3.63, 3.8) is 0 Å². The van der Waals surface area contributed by atoms with Gasteiger partial charge < -0.3 is 4.57 Å². The highest BCUT2D eigenvalue weighted by atomic mass is 127. The first-order valence-corrected chi connectivity index (χ1v) is 5.41. The van der Waals surface area contributed by atoms with E-state index in [1.807, 2.05) is 22.6 Å². The lowest BCUT2D eigenvalue weighted by Crippen LogP contribution is -2.34. The molecule has 0 aliphatic heterocycles. The molecule has 0 saturated heterocycles. The van der Waals surface area contributed by atoms with Crippen molar-refractivity contribution in [2.75, 3.05) is 0 Å². The van der Waals surface area contributed by atoms with E-state index in [9.17, 15) is 0 Å². The summed E-state index contributed by atoms with van der Waals surface area (Å²) in [6, 6.07) is 1.70. The van der Waals surface area contributed by atoms with Gasteiger partial charge in [0, 0.05) is 0 Å². The normalized spacial score (nSPS) is 12.1. The van der Waals surface area contributed by atoms with Gasteiger partial charge in [0.1, 0.15) is 9.22 Å². The Labute approximate surface area is 109 Å². The number of halogens is 2. The van der Waals surface area contributed by atoms with E-state index in [1.54, 1.807) is 6.07 Å². The van der Waals surface area contributed by atoms with Crippen LogP contribution in [0.2, 0.25) is 5.02 Å². The largest absolute Gasteiger partial charge is 0.335 e. The molecule has 0 amide bonds. The van der Waals surface area contributed by atoms with Gasteiger partial charge in [0.25, 0.3) is 0 Å². The summed E-state index contributed by atoms with van der Waals surface area (Å²) in [4.78, 5) is 8.28. The molecule has 0 saturated carbocycles. The van der Waals surface area contributed by atoms with Gasteiger partial charge in [0.2, 0.25) is 0 Å². The Balaban J connectivity index is 2.80. The predicted molar refractivity (Wildman–Crippen MR) is 70.5 cm³/mol. The van der Waals surface area contributed by atoms with Crippen LogP contribution in [0, 0.1) is 3.70 Å². The highest BCUT2D eigenvalue weighted by molar-refractivity contribution is 14.1. The summed E-state index contributed by atoms with van der Waals surface area (Å²) in [5.74, 6) is 0. The molecule has 15 heavy (non-hydrogen) atoms. The summed E-state index contributed by atoms with van der Waals surface area (Å²) in [5.41, 5.74) is 1.00. The molecule has 0 atom stereocenters. The molecule has 2 rings (SSSR count). The lowest BCUT2D eigenvalue weighted by atomic mass is 9.49. The minimum Gasteiger partial charge on any atom is -0.335 e. The van der Waals surface area contributed by atoms with Crippen LogP contribution in [0.5, 0.6) is 0 Å². The second-order valence-corrected chi connectivity index (χ2v) is 4.61. The summed E-state index contributed by atoms with van der Waals surface area (Å²) in [5, 5.41) is -1.04. The van der Waals surface area contributed by atoms with Crippen LogP contribution in [-0.4, -0.2) is 38.1 Å². The van der Waals surface area contributed by atoms with E-state index in [-0.39, 0.29) is 0 Å². The van der Waals surface area contributed by atoms with E-state index in [1.165, 1.54) is 10.9 Å². The van der Waals surface area contributed by atoms with Crippen molar-refractivity contribution in [3.05, 3.63) is 21.1 Å². The molecular formula is C7H2B3ClIN3. The molecule has 0 spiro atoms. The van der Waals surface area contributed by atoms with E-state index >= 15 is 0 Å². The fourth-order valence-electron chi connectivity index (χ4n) is 1.21. The van der Waals surface area contributed by atoms with E-state index < -0.39 is 5.24 Å². The molecule has 0 fully saturated rings. The van der Waals surface area contributed by atoms with Crippen molar-refractivity contribution in [2.24, 2.45) is 0 Å². The topological polar surface area (TPSA) is 30.7 Å². The highest BCUT2D eigenvalue weighted by Crippen LogP contribution is 2.24. The molecule has 6 radical (unpaired) electrons. The number of imidazole rings is 1. The third-order valence-corrected chi connectivity index (χ3v) is 2.69. The third kappa shape index (κ3) is 2.04. The summed E-state index contributed by atoms with van der Waals surface area (Å²) in [6.07, 6.45) is 1.42. The average molecular weight is 323 g/mol. The van der Waals surface area contributed by atoms with Crippen molar-refractivity contribution in [1.82, 2.24) is 14.5 Å². The molecule has 0 aliphatic rings. The maximum absolute atomic E-state index is 5.98. The number of aromatic nitrogens is 3. The Morgan fingerprint density at radius 3 is 2.67 bits per heavy atom. The number of pyridine rings is 1. The molecule has 2 heterocycles. The van der Waals surface area contributed by atoms with Gasteiger partial charge in [-0.2, -0.15) is 0 Å². The molecule has 0 N–H and O–H groups in total. The zero-order chi connectivity index (χ0) is 11.2. The fourth-order valence-corrected chi connectivity index (χ4v) is 2.17. The summed E-state index contributed by atoms with van der Waals surface area (Å²) in [6.45, 7) is 0. The van der Waals surface area contributed by atoms with Crippen molar-refractivity contribution in [2.45, 2.75) is 5.24 Å². The van der Waals surface area contributed by atoms with Crippen molar-refractivity contribution in [3.8, 4) is 0 Å². The van der Waals surface area contributed by atoms with Gasteiger partial charge in [-0.05, 0) is 28.7 Å². The van der Waals surface area contributed by atoms with Crippen LogP contribution >= 0.6 is 34.2 Å². The SMILES string of the molecule is [B]C([B])([B])n1cnc2c(Cl)cc(I)nc21. The van der Waals surface area contributed by atoms with Crippen LogP contribution in [-0.2, 0) is 5.24 Å². The Bertz CT molecular complexity index is 522. The number of fused-ring (bicyclic) bond motifs is 1. The van der Waals surface area contributed by atoms with E-state index in [0.717, 1.165) is 3.70 Å². The Kier molecular flexibility index (Phi) is 2.79. The van der Waals surface area contributed by atoms with Gasteiger partial charge >= 0.3 is 0 Å². The average Bonchev–Trinajstić information content (AvgIpc) is 2.45. The second-order valence-electron chi connectivity index (χ2n) is 3.10. The molecule has 0 bridgehead atoms. The maximum atomic E-state index is 5.98. The second kappa shape index (κ2) is 3.70. The van der Waals surface area contributed by atoms with Gasteiger partial charge in [-0.25, -0.2) is 9.97 Å². The van der Waals surface area contributed by atoms with Crippen LogP contribution in [0.25, 0.3) is 11.2 Å². The molecule has 8 heteroatoms. The number of hydrogen-bond donors (Lipinski definition) is 0. The minimum absolute atomic E-state index is 0.472. The number of hydrogen-bond acceptors (Lipinski definition) is 2. The monoisotopic (exact) mass is 323 g/mol. The molecule has 2 aromatic rings. The summed E-state index contributed by atoms with van der Waals surface area (Å²) in [7, 11) is 16.7. The molecule has 0 aromatic carbocycles. The van der Waals surface area contributed by atoms with E-state index in [2.05, 4.69) is 9.97 Å². The van der Waals surface area contributed by atoms with Gasteiger partial charge in [-0.15, -0.1) is 0 Å². The van der Waals surface area contributed by atoms with Gasteiger partial charge in [-0.3, -0.25) is 0 Å². The molecular weight excluding hydrogens is 321 g/mol. The van der Waals surface area contributed by atoms with Crippen molar-refractivity contribution in [1.29, 1.82) is 0 Å². The first-order chi connectivity index (χ1) is 6.89. The quantitative estimate of drug-likeness (QED) is 0.441. The minimum atomic E-state index is -1.53. The standard InChI is InChI=1S/C7H2B3ClIN3/c8-7(9,10)15-2-13-5-3(11)1-4(12)14-6(5)15/h1-2H. The van der Waals surface area contributed by atoms with Crippen molar-refractivity contribution >= 4 is 68.9 Å². The maximum Gasteiger partial charge on any atom is 0.160 e. The van der Waals surface area contributed by atoms with E-state index in [4.69, 9.17) is 35.1 Å². The first-order valence-electron chi connectivity index (χ1n) is 3.96. The molecule has 2 aromatic heterocycles. The van der Waals surface area contributed by atoms with E-state index in [0.29, 0.717) is 16.2 Å². The van der Waals surface area contributed by atoms with Gasteiger partial charge in [-0.1, -0.05) is 16.8 Å². The summed E-state index contributed by atoms with van der Waals surface area (Å²) >= 11 is 8.02. The lowest BCUT2D eigenvalue weighted by Gasteiger charge is -2.22. The van der Waals surface area contributed by atoms with Crippen LogP contribution in [0.4, 0.5) is 0 Å². The van der Waals surface area contributed by atoms with Gasteiger partial charge in [0.15, 0.2) is 5.65 Å². The fraction of sp³-hybridized carbons (Fsp3) is 0.143. The van der Waals surface area contributed by atoms with Crippen LogP contribution < -0.4 is 0 Å². The molecule has 0 unspecified atom stereocenters. The predicted octanol–water partition coefficient (Wildman–Crippen LogP) is 0.763. The zero-order valence-electron chi connectivity index (χ0n) is 7.48. The zero-order valence-corrected chi connectivity index (χ0v) is 10.4. The van der Waals surface area contributed by atoms with Crippen molar-refractivity contribution < 1.29 is 0 Å². The lowest BCUT2D eigenvalue weighted by molar-refractivity contribution is 0.799. The molecule has 0 aliphatic carbocycles. The highest BCUT2D eigenvalue weighted by Gasteiger charge is 2.17. The van der Waals surface area contributed by atoms with Crippen LogP contribution in [0.15, 0.2) is 12.4 Å². The van der Waals surface area contributed by atoms with Crippen LogP contribution in [0.1, 0.15) is 0 Å². The molecule has 68 valence electrons. The third-order valence-electron chi connectivity index (χ3n) is 1.84. The molecule has 3 nitrogen and oxygen atoms in total.